The molecule has 5 nitrogen and oxygen atoms in total. The van der Waals surface area contributed by atoms with Gasteiger partial charge in [0.25, 0.3) is 5.91 Å². The molecule has 0 spiro atoms. The van der Waals surface area contributed by atoms with Gasteiger partial charge in [0.1, 0.15) is 11.9 Å². The minimum atomic E-state index is -0.275. The number of ether oxygens (including phenoxy) is 2. The van der Waals surface area contributed by atoms with E-state index >= 15 is 0 Å². The first-order chi connectivity index (χ1) is 12.7. The summed E-state index contributed by atoms with van der Waals surface area (Å²) in [6, 6.07) is 7.93. The second-order valence-corrected chi connectivity index (χ2v) is 6.75. The summed E-state index contributed by atoms with van der Waals surface area (Å²) in [7, 11) is 0. The van der Waals surface area contributed by atoms with Crippen LogP contribution >= 0.6 is 0 Å². The summed E-state index contributed by atoms with van der Waals surface area (Å²) in [5.41, 5.74) is 2.46. The molecular weight excluding hydrogens is 335 g/mol. The molecule has 1 aliphatic heterocycles. The molecular formula is C20H21FN2O3. The van der Waals surface area contributed by atoms with E-state index in [2.05, 4.69) is 10.3 Å². The molecule has 0 radical (unpaired) electrons. The highest BCUT2D eigenvalue weighted by Gasteiger charge is 2.23. The molecule has 1 unspecified atom stereocenters. The van der Waals surface area contributed by atoms with Gasteiger partial charge in [0.2, 0.25) is 5.88 Å². The molecule has 1 N–H and O–H groups in total. The highest BCUT2D eigenvalue weighted by Crippen LogP contribution is 2.30. The van der Waals surface area contributed by atoms with Crippen LogP contribution in [0.3, 0.4) is 0 Å². The fourth-order valence-electron chi connectivity index (χ4n) is 3.55. The van der Waals surface area contributed by atoms with Gasteiger partial charge in [-0.3, -0.25) is 4.79 Å². The molecule has 2 aliphatic rings. The number of nitrogens with zero attached hydrogens (tertiary/aromatic N) is 1. The van der Waals surface area contributed by atoms with Gasteiger partial charge < -0.3 is 14.8 Å². The van der Waals surface area contributed by atoms with Crippen LogP contribution in [0.25, 0.3) is 0 Å². The highest BCUT2D eigenvalue weighted by atomic mass is 19.1. The van der Waals surface area contributed by atoms with Gasteiger partial charge in [-0.25, -0.2) is 9.37 Å². The van der Waals surface area contributed by atoms with Crippen LogP contribution in [0.1, 0.15) is 46.8 Å². The maximum Gasteiger partial charge on any atom is 0.252 e. The average molecular weight is 356 g/mol. The van der Waals surface area contributed by atoms with Gasteiger partial charge in [-0.05, 0) is 48.6 Å². The predicted octanol–water partition coefficient (Wildman–Crippen LogP) is 3.20. The molecule has 0 saturated carbocycles. The summed E-state index contributed by atoms with van der Waals surface area (Å²) < 4.78 is 24.7. The van der Waals surface area contributed by atoms with E-state index in [1.165, 1.54) is 12.1 Å². The predicted molar refractivity (Wildman–Crippen MR) is 93.6 cm³/mol. The quantitative estimate of drug-likeness (QED) is 0.914. The second kappa shape index (κ2) is 7.41. The number of carbonyl (C=O) groups is 1. The Hall–Kier alpha value is -2.47. The van der Waals surface area contributed by atoms with Gasteiger partial charge in [0.15, 0.2) is 0 Å². The Morgan fingerprint density at radius 1 is 1.27 bits per heavy atom. The molecule has 2 atom stereocenters. The summed E-state index contributed by atoms with van der Waals surface area (Å²) in [4.78, 5) is 16.9. The molecule has 2 heterocycles. The van der Waals surface area contributed by atoms with Gasteiger partial charge >= 0.3 is 0 Å². The summed E-state index contributed by atoms with van der Waals surface area (Å²) in [6.07, 6.45) is 5.05. The molecule has 1 fully saturated rings. The van der Waals surface area contributed by atoms with E-state index in [1.807, 2.05) is 6.07 Å². The molecule has 1 aromatic carbocycles. The van der Waals surface area contributed by atoms with Crippen LogP contribution in [0.5, 0.6) is 5.88 Å². The number of fused-ring (bicyclic) bond motifs is 1. The maximum atomic E-state index is 13.6. The van der Waals surface area contributed by atoms with Crippen LogP contribution in [0.4, 0.5) is 4.39 Å². The zero-order chi connectivity index (χ0) is 17.9. The van der Waals surface area contributed by atoms with Crippen molar-refractivity contribution < 1.29 is 18.7 Å². The van der Waals surface area contributed by atoms with Crippen LogP contribution in [-0.4, -0.2) is 30.2 Å². The van der Waals surface area contributed by atoms with Gasteiger partial charge in [-0.2, -0.15) is 0 Å². The second-order valence-electron chi connectivity index (χ2n) is 6.75. The van der Waals surface area contributed by atoms with Crippen molar-refractivity contribution >= 4 is 5.91 Å². The third-order valence-corrected chi connectivity index (χ3v) is 4.90. The number of pyridine rings is 1. The van der Waals surface area contributed by atoms with E-state index in [9.17, 15) is 9.18 Å². The lowest BCUT2D eigenvalue weighted by atomic mass is 9.87. The molecule has 6 heteroatoms. The Kier molecular flexibility index (Phi) is 4.84. The van der Waals surface area contributed by atoms with Crippen molar-refractivity contribution in [1.29, 1.82) is 0 Å². The Labute approximate surface area is 151 Å². The molecule has 136 valence electrons. The van der Waals surface area contributed by atoms with Crippen LogP contribution in [0, 0.1) is 5.82 Å². The molecule has 1 amide bonds. The molecule has 2 aromatic rings. The van der Waals surface area contributed by atoms with Crippen LogP contribution in [-0.2, 0) is 11.2 Å². The normalized spacial score (nSPS) is 21.9. The van der Waals surface area contributed by atoms with E-state index < -0.39 is 0 Å². The lowest BCUT2D eigenvalue weighted by molar-refractivity contribution is 0.0931. The van der Waals surface area contributed by atoms with Crippen molar-refractivity contribution in [2.24, 2.45) is 0 Å². The SMILES string of the molecule is O=C(N[C@@H]1CCCc2ccc(F)cc21)c1ccnc(OC2CCOC2)c1. The number of benzene rings is 1. The van der Waals surface area contributed by atoms with Gasteiger partial charge in [-0.15, -0.1) is 0 Å². The zero-order valence-corrected chi connectivity index (χ0v) is 14.4. The largest absolute Gasteiger partial charge is 0.472 e. The number of hydrogen-bond acceptors (Lipinski definition) is 4. The minimum absolute atomic E-state index is 0.0194. The van der Waals surface area contributed by atoms with Crippen molar-refractivity contribution in [3.63, 3.8) is 0 Å². The number of rotatable bonds is 4. The first-order valence-electron chi connectivity index (χ1n) is 8.99. The third-order valence-electron chi connectivity index (χ3n) is 4.90. The number of aryl methyl sites for hydroxylation is 1. The van der Waals surface area contributed by atoms with E-state index in [4.69, 9.17) is 9.47 Å². The van der Waals surface area contributed by atoms with E-state index in [1.54, 1.807) is 18.3 Å². The molecule has 1 aliphatic carbocycles. The van der Waals surface area contributed by atoms with Crippen molar-refractivity contribution in [3.8, 4) is 5.88 Å². The van der Waals surface area contributed by atoms with E-state index in [-0.39, 0.29) is 23.9 Å². The Morgan fingerprint density at radius 2 is 2.19 bits per heavy atom. The molecule has 1 saturated heterocycles. The fraction of sp³-hybridized carbons (Fsp3) is 0.400. The maximum absolute atomic E-state index is 13.6. The number of amides is 1. The Balaban J connectivity index is 1.48. The molecule has 4 rings (SSSR count). The van der Waals surface area contributed by atoms with Gasteiger partial charge in [0.05, 0.1) is 19.3 Å². The Morgan fingerprint density at radius 3 is 3.04 bits per heavy atom. The van der Waals surface area contributed by atoms with Gasteiger partial charge in [-0.1, -0.05) is 6.07 Å². The topological polar surface area (TPSA) is 60.5 Å². The fourth-order valence-corrected chi connectivity index (χ4v) is 3.55. The highest BCUT2D eigenvalue weighted by molar-refractivity contribution is 5.94. The molecule has 1 aromatic heterocycles. The van der Waals surface area contributed by atoms with Crippen molar-refractivity contribution in [2.45, 2.75) is 37.8 Å². The summed E-state index contributed by atoms with van der Waals surface area (Å²) >= 11 is 0. The minimum Gasteiger partial charge on any atom is -0.472 e. The zero-order valence-electron chi connectivity index (χ0n) is 14.4. The van der Waals surface area contributed by atoms with Crippen molar-refractivity contribution in [1.82, 2.24) is 10.3 Å². The summed E-state index contributed by atoms with van der Waals surface area (Å²) in [5, 5.41) is 3.03. The summed E-state index contributed by atoms with van der Waals surface area (Å²) in [5.74, 6) is -0.0615. The van der Waals surface area contributed by atoms with Crippen LogP contribution in [0.2, 0.25) is 0 Å². The standard InChI is InChI=1S/C20H21FN2O3/c21-15-5-4-13-2-1-3-18(17(13)11-15)23-20(24)14-6-8-22-19(10-14)26-16-7-9-25-12-16/h4-6,8,10-11,16,18H,1-3,7,9,12H2,(H,23,24)/t16?,18-/m1/s1. The number of nitrogens with one attached hydrogen (secondary N) is 1. The Bertz CT molecular complexity index is 805. The first-order valence-corrected chi connectivity index (χ1v) is 8.99. The monoisotopic (exact) mass is 356 g/mol. The number of hydrogen-bond donors (Lipinski definition) is 1. The number of halogens is 1. The lowest BCUT2D eigenvalue weighted by Crippen LogP contribution is -2.31. The smallest absolute Gasteiger partial charge is 0.252 e. The average Bonchev–Trinajstić information content (AvgIpc) is 3.15. The number of carbonyl (C=O) groups excluding carboxylic acids is 1. The first kappa shape index (κ1) is 17.0. The molecule has 0 bridgehead atoms. The van der Waals surface area contributed by atoms with E-state index in [0.29, 0.717) is 24.7 Å². The van der Waals surface area contributed by atoms with Crippen molar-refractivity contribution in [3.05, 3.63) is 59.0 Å². The summed E-state index contributed by atoms with van der Waals surface area (Å²) in [6.45, 7) is 1.23. The lowest BCUT2D eigenvalue weighted by Gasteiger charge is -2.26. The van der Waals surface area contributed by atoms with Crippen LogP contribution in [0.15, 0.2) is 36.5 Å². The third kappa shape index (κ3) is 3.70. The number of aromatic nitrogens is 1. The van der Waals surface area contributed by atoms with Gasteiger partial charge in [0, 0.05) is 24.2 Å². The molecule has 26 heavy (non-hydrogen) atoms. The van der Waals surface area contributed by atoms with E-state index in [0.717, 1.165) is 36.8 Å². The van der Waals surface area contributed by atoms with Crippen LogP contribution < -0.4 is 10.1 Å². The van der Waals surface area contributed by atoms with Crippen molar-refractivity contribution in [2.75, 3.05) is 13.2 Å².